The summed E-state index contributed by atoms with van der Waals surface area (Å²) >= 11 is 0. The van der Waals surface area contributed by atoms with E-state index < -0.39 is 18.3 Å². The van der Waals surface area contributed by atoms with Crippen molar-refractivity contribution in [2.24, 2.45) is 0 Å². The molecule has 3 N–H and O–H groups in total. The minimum Gasteiger partial charge on any atom is -0.494 e. The number of aliphatic hydroxyl groups is 1. The topological polar surface area (TPSA) is 70.6 Å². The van der Waals surface area contributed by atoms with Crippen LogP contribution in [0.2, 0.25) is 0 Å². The largest absolute Gasteiger partial charge is 0.494 e. The minimum absolute atomic E-state index is 0.140. The number of amides is 1. The summed E-state index contributed by atoms with van der Waals surface area (Å²) in [5.41, 5.74) is 2.11. The third-order valence-electron chi connectivity index (χ3n) is 3.35. The van der Waals surface area contributed by atoms with Crippen LogP contribution in [0.1, 0.15) is 18.5 Å². The average Bonchev–Trinajstić information content (AvgIpc) is 2.54. The van der Waals surface area contributed by atoms with Crippen LogP contribution in [-0.4, -0.2) is 24.7 Å². The molecule has 0 fully saturated rings. The molecule has 0 radical (unpaired) electrons. The maximum absolute atomic E-state index is 13.8. The molecular formula is C17H19FN2O3. The number of methoxy groups -OCH3 is 1. The highest BCUT2D eigenvalue weighted by Gasteiger charge is 2.10. The number of hydrogen-bond donors (Lipinski definition) is 3. The Balaban J connectivity index is 2.10. The Kier molecular flexibility index (Phi) is 5.54. The first kappa shape index (κ1) is 16.8. The van der Waals surface area contributed by atoms with Gasteiger partial charge in [-0.1, -0.05) is 12.1 Å². The second kappa shape index (κ2) is 7.60. The lowest BCUT2D eigenvalue weighted by Gasteiger charge is -2.17. The Morgan fingerprint density at radius 3 is 2.65 bits per heavy atom. The van der Waals surface area contributed by atoms with Gasteiger partial charge in [-0.2, -0.15) is 0 Å². The standard InChI is InChI=1S/C17H19FN2O3/c1-11(12-6-7-16(23-2)15(18)8-12)19-13-4-3-5-14(9-13)20-17(22)10-21/h3-9,11,19,21H,10H2,1-2H3,(H,20,22). The molecule has 23 heavy (non-hydrogen) atoms. The molecule has 0 aliphatic rings. The molecule has 1 amide bonds. The van der Waals surface area contributed by atoms with E-state index in [1.807, 2.05) is 13.0 Å². The first-order valence-corrected chi connectivity index (χ1v) is 7.14. The van der Waals surface area contributed by atoms with Gasteiger partial charge >= 0.3 is 0 Å². The minimum atomic E-state index is -0.570. The van der Waals surface area contributed by atoms with Gasteiger partial charge in [0.25, 0.3) is 0 Å². The molecule has 6 heteroatoms. The number of nitrogens with one attached hydrogen (secondary N) is 2. The fourth-order valence-electron chi connectivity index (χ4n) is 2.17. The van der Waals surface area contributed by atoms with Crippen molar-refractivity contribution < 1.29 is 19.0 Å². The van der Waals surface area contributed by atoms with E-state index in [0.29, 0.717) is 5.69 Å². The maximum Gasteiger partial charge on any atom is 0.250 e. The van der Waals surface area contributed by atoms with Gasteiger partial charge in [0.15, 0.2) is 11.6 Å². The summed E-state index contributed by atoms with van der Waals surface area (Å²) in [6.45, 7) is 1.33. The lowest BCUT2D eigenvalue weighted by molar-refractivity contribution is -0.118. The molecule has 0 bridgehead atoms. The van der Waals surface area contributed by atoms with Crippen molar-refractivity contribution in [2.75, 3.05) is 24.4 Å². The first-order chi connectivity index (χ1) is 11.0. The highest BCUT2D eigenvalue weighted by molar-refractivity contribution is 5.91. The summed E-state index contributed by atoms with van der Waals surface area (Å²) in [7, 11) is 1.42. The van der Waals surface area contributed by atoms with Gasteiger partial charge in [-0.25, -0.2) is 4.39 Å². The van der Waals surface area contributed by atoms with Crippen molar-refractivity contribution in [1.29, 1.82) is 0 Å². The van der Waals surface area contributed by atoms with Crippen molar-refractivity contribution >= 4 is 17.3 Å². The van der Waals surface area contributed by atoms with E-state index >= 15 is 0 Å². The van der Waals surface area contributed by atoms with Crippen LogP contribution < -0.4 is 15.4 Å². The maximum atomic E-state index is 13.8. The van der Waals surface area contributed by atoms with Crippen LogP contribution in [0.15, 0.2) is 42.5 Å². The summed E-state index contributed by atoms with van der Waals surface area (Å²) in [6, 6.07) is 11.7. The number of hydrogen-bond acceptors (Lipinski definition) is 4. The Morgan fingerprint density at radius 1 is 1.26 bits per heavy atom. The Hall–Kier alpha value is -2.60. The number of benzene rings is 2. The molecule has 122 valence electrons. The van der Waals surface area contributed by atoms with Gasteiger partial charge in [-0.05, 0) is 42.8 Å². The van der Waals surface area contributed by atoms with Crippen LogP contribution in [0, 0.1) is 5.82 Å². The molecule has 0 heterocycles. The van der Waals surface area contributed by atoms with Crippen LogP contribution in [-0.2, 0) is 4.79 Å². The molecule has 1 atom stereocenters. The summed E-state index contributed by atoms with van der Waals surface area (Å²) < 4.78 is 18.7. The summed E-state index contributed by atoms with van der Waals surface area (Å²) in [5.74, 6) is -0.690. The number of rotatable bonds is 6. The molecule has 5 nitrogen and oxygen atoms in total. The fraction of sp³-hybridized carbons (Fsp3) is 0.235. The molecule has 0 saturated heterocycles. The van der Waals surface area contributed by atoms with Crippen LogP contribution in [0.3, 0.4) is 0 Å². The summed E-state index contributed by atoms with van der Waals surface area (Å²) in [4.78, 5) is 11.2. The fourth-order valence-corrected chi connectivity index (χ4v) is 2.17. The Morgan fingerprint density at radius 2 is 2.00 bits per heavy atom. The van der Waals surface area contributed by atoms with Gasteiger partial charge in [0, 0.05) is 17.4 Å². The van der Waals surface area contributed by atoms with E-state index in [1.54, 1.807) is 30.3 Å². The van der Waals surface area contributed by atoms with Gasteiger partial charge in [-0.3, -0.25) is 4.79 Å². The van der Waals surface area contributed by atoms with Gasteiger partial charge in [0.1, 0.15) is 6.61 Å². The van der Waals surface area contributed by atoms with Gasteiger partial charge in [-0.15, -0.1) is 0 Å². The average molecular weight is 318 g/mol. The highest BCUT2D eigenvalue weighted by Crippen LogP contribution is 2.25. The summed E-state index contributed by atoms with van der Waals surface area (Å²) in [6.07, 6.45) is 0. The van der Waals surface area contributed by atoms with E-state index in [2.05, 4.69) is 10.6 Å². The van der Waals surface area contributed by atoms with Crippen LogP contribution in [0.25, 0.3) is 0 Å². The Labute approximate surface area is 134 Å². The monoisotopic (exact) mass is 318 g/mol. The van der Waals surface area contributed by atoms with Gasteiger partial charge in [0.05, 0.1) is 7.11 Å². The predicted molar refractivity (Wildman–Crippen MR) is 87.1 cm³/mol. The molecule has 2 aromatic carbocycles. The molecule has 1 unspecified atom stereocenters. The molecule has 0 aliphatic carbocycles. The molecule has 0 aromatic heterocycles. The number of halogens is 1. The van der Waals surface area contributed by atoms with Crippen LogP contribution in [0.4, 0.5) is 15.8 Å². The normalized spacial score (nSPS) is 11.7. The van der Waals surface area contributed by atoms with Crippen molar-refractivity contribution in [3.63, 3.8) is 0 Å². The molecule has 0 spiro atoms. The Bertz CT molecular complexity index is 691. The number of ether oxygens (including phenoxy) is 1. The summed E-state index contributed by atoms with van der Waals surface area (Å²) in [5, 5.41) is 14.6. The second-order valence-corrected chi connectivity index (χ2v) is 5.05. The third kappa shape index (κ3) is 4.43. The van der Waals surface area contributed by atoms with Gasteiger partial charge in [0.2, 0.25) is 5.91 Å². The highest BCUT2D eigenvalue weighted by atomic mass is 19.1. The molecular weight excluding hydrogens is 299 g/mol. The number of aliphatic hydroxyl groups excluding tert-OH is 1. The van der Waals surface area contributed by atoms with Gasteiger partial charge < -0.3 is 20.5 Å². The number of anilines is 2. The van der Waals surface area contributed by atoms with E-state index in [1.165, 1.54) is 13.2 Å². The third-order valence-corrected chi connectivity index (χ3v) is 3.35. The number of carbonyl (C=O) groups excluding carboxylic acids is 1. The molecule has 2 aromatic rings. The lowest BCUT2D eigenvalue weighted by atomic mass is 10.1. The first-order valence-electron chi connectivity index (χ1n) is 7.14. The molecule has 0 saturated carbocycles. The van der Waals surface area contributed by atoms with Crippen LogP contribution in [0.5, 0.6) is 5.75 Å². The predicted octanol–water partition coefficient (Wildman–Crippen LogP) is 2.94. The quantitative estimate of drug-likeness (QED) is 0.766. The van der Waals surface area contributed by atoms with Crippen molar-refractivity contribution in [3.8, 4) is 5.75 Å². The molecule has 2 rings (SSSR count). The van der Waals surface area contributed by atoms with Crippen molar-refractivity contribution in [1.82, 2.24) is 0 Å². The van der Waals surface area contributed by atoms with E-state index in [0.717, 1.165) is 11.3 Å². The van der Waals surface area contributed by atoms with Crippen LogP contribution >= 0.6 is 0 Å². The molecule has 0 aliphatic heterocycles. The van der Waals surface area contributed by atoms with Crippen molar-refractivity contribution in [2.45, 2.75) is 13.0 Å². The second-order valence-electron chi connectivity index (χ2n) is 5.05. The van der Waals surface area contributed by atoms with E-state index in [-0.39, 0.29) is 11.8 Å². The van der Waals surface area contributed by atoms with E-state index in [9.17, 15) is 9.18 Å². The van der Waals surface area contributed by atoms with E-state index in [4.69, 9.17) is 9.84 Å². The number of carbonyl (C=O) groups is 1. The SMILES string of the molecule is COc1ccc(C(C)Nc2cccc(NC(=O)CO)c2)cc1F. The van der Waals surface area contributed by atoms with Crippen molar-refractivity contribution in [3.05, 3.63) is 53.8 Å². The zero-order chi connectivity index (χ0) is 16.8. The zero-order valence-corrected chi connectivity index (χ0v) is 13.0. The smallest absolute Gasteiger partial charge is 0.250 e. The lowest BCUT2D eigenvalue weighted by Crippen LogP contribution is -2.15. The zero-order valence-electron chi connectivity index (χ0n) is 13.0.